The normalized spacial score (nSPS) is 42.8. The van der Waals surface area contributed by atoms with Crippen LogP contribution in [0.3, 0.4) is 0 Å². The Morgan fingerprint density at radius 3 is 2.45 bits per heavy atom. The predicted molar refractivity (Wildman–Crippen MR) is 62.0 cm³/mol. The van der Waals surface area contributed by atoms with Crippen LogP contribution >= 0.6 is 12.0 Å². The van der Waals surface area contributed by atoms with Gasteiger partial charge in [-0.2, -0.15) is 8.78 Å². The summed E-state index contributed by atoms with van der Waals surface area (Å²) in [6.45, 7) is 0. The fourth-order valence-electron chi connectivity index (χ4n) is 4.38. The van der Waals surface area contributed by atoms with Gasteiger partial charge in [0.05, 0.1) is 18.1 Å². The third kappa shape index (κ3) is 2.32. The van der Waals surface area contributed by atoms with E-state index in [0.717, 1.165) is 12.8 Å². The highest BCUT2D eigenvalue weighted by atomic mass is 32.2. The Balaban J connectivity index is 1.73. The molecule has 5 nitrogen and oxygen atoms in total. The number of aliphatic hydroxyl groups excluding tert-OH is 1. The first-order chi connectivity index (χ1) is 9.35. The molecule has 0 aromatic carbocycles. The molecule has 4 saturated carbocycles. The number of carbonyl (C=O) groups excluding carboxylic acids is 1. The van der Waals surface area contributed by atoms with Crippen molar-refractivity contribution in [3.05, 3.63) is 0 Å². The Bertz CT molecular complexity index is 403. The number of alkyl halides is 2. The van der Waals surface area contributed by atoms with Crippen molar-refractivity contribution in [2.75, 3.05) is 0 Å². The number of hydrogen-bond donors (Lipinski definition) is 1. The summed E-state index contributed by atoms with van der Waals surface area (Å²) in [4.78, 5) is 11.5. The minimum Gasteiger partial charge on any atom is -0.710 e. The number of rotatable bonds is 4. The summed E-state index contributed by atoms with van der Waals surface area (Å²) in [5, 5.41) is 15.9. The molecule has 4 aliphatic carbocycles. The standard InChI is InChI=1S/C12H16F2O5S/c13-12(14,20-19-17)10(16)18-11-3-6-1-7(4-11)9(15)8(2-6)5-11/h6-9,15,17H,1-5H2/p-1. The molecular weight excluding hydrogens is 294 g/mol. The lowest BCUT2D eigenvalue weighted by Crippen LogP contribution is -2.59. The molecule has 0 aromatic heterocycles. The summed E-state index contributed by atoms with van der Waals surface area (Å²) >= 11 is -0.742. The van der Waals surface area contributed by atoms with Crippen molar-refractivity contribution in [1.82, 2.24) is 0 Å². The molecule has 0 saturated heterocycles. The molecule has 4 bridgehead atoms. The van der Waals surface area contributed by atoms with E-state index >= 15 is 0 Å². The van der Waals surface area contributed by atoms with Crippen molar-refractivity contribution in [2.45, 2.75) is 49.1 Å². The number of esters is 1. The van der Waals surface area contributed by atoms with Gasteiger partial charge in [-0.15, -0.1) is 0 Å². The molecule has 1 N–H and O–H groups in total. The van der Waals surface area contributed by atoms with Crippen LogP contribution < -0.4 is 5.26 Å². The average Bonchev–Trinajstić information content (AvgIpc) is 2.34. The molecule has 4 aliphatic rings. The van der Waals surface area contributed by atoms with E-state index < -0.39 is 35.0 Å². The van der Waals surface area contributed by atoms with Crippen molar-refractivity contribution in [1.29, 1.82) is 0 Å². The molecule has 0 amide bonds. The van der Waals surface area contributed by atoms with E-state index in [0.29, 0.717) is 25.2 Å². The van der Waals surface area contributed by atoms with E-state index in [1.807, 2.05) is 0 Å². The summed E-state index contributed by atoms with van der Waals surface area (Å²) in [6.07, 6.45) is 2.73. The monoisotopic (exact) mass is 309 g/mol. The first-order valence-electron chi connectivity index (χ1n) is 6.62. The Labute approximate surface area is 118 Å². The molecule has 0 heterocycles. The third-order valence-electron chi connectivity index (χ3n) is 4.85. The smallest absolute Gasteiger partial charge is 0.412 e. The van der Waals surface area contributed by atoms with Crippen LogP contribution in [0, 0.1) is 17.8 Å². The summed E-state index contributed by atoms with van der Waals surface area (Å²) in [5.74, 6) is -1.37. The zero-order chi connectivity index (χ0) is 14.5. The van der Waals surface area contributed by atoms with Crippen LogP contribution in [0.15, 0.2) is 0 Å². The van der Waals surface area contributed by atoms with Crippen molar-refractivity contribution < 1.29 is 33.0 Å². The van der Waals surface area contributed by atoms with Gasteiger partial charge >= 0.3 is 11.2 Å². The Hall–Kier alpha value is -0.440. The molecule has 2 unspecified atom stereocenters. The zero-order valence-electron chi connectivity index (χ0n) is 10.6. The van der Waals surface area contributed by atoms with E-state index in [1.165, 1.54) is 0 Å². The maximum absolute atomic E-state index is 13.3. The second-order valence-corrected chi connectivity index (χ2v) is 7.02. The maximum atomic E-state index is 13.3. The highest BCUT2D eigenvalue weighted by Gasteiger charge is 2.58. The lowest BCUT2D eigenvalue weighted by Gasteiger charge is -2.57. The predicted octanol–water partition coefficient (Wildman–Crippen LogP) is 1.00. The van der Waals surface area contributed by atoms with Gasteiger partial charge in [0.2, 0.25) is 0 Å². The SMILES string of the molecule is O=C(OC12CC3CC(C1)C(O)C(C3)C2)C(F)(F)SO[O-]. The molecule has 0 aromatic rings. The highest BCUT2D eigenvalue weighted by molar-refractivity contribution is 7.96. The lowest BCUT2D eigenvalue weighted by atomic mass is 9.53. The zero-order valence-corrected chi connectivity index (χ0v) is 11.4. The van der Waals surface area contributed by atoms with Crippen LogP contribution in [0.5, 0.6) is 0 Å². The number of ether oxygens (including phenoxy) is 1. The largest absolute Gasteiger partial charge is 0.710 e. The molecule has 0 aliphatic heterocycles. The summed E-state index contributed by atoms with van der Waals surface area (Å²) in [7, 11) is 0. The number of hydrogen-bond acceptors (Lipinski definition) is 6. The van der Waals surface area contributed by atoms with E-state index in [-0.39, 0.29) is 11.8 Å². The lowest BCUT2D eigenvalue weighted by molar-refractivity contribution is -0.630. The van der Waals surface area contributed by atoms with Crippen molar-refractivity contribution >= 4 is 18.0 Å². The quantitative estimate of drug-likeness (QED) is 0.361. The van der Waals surface area contributed by atoms with Crippen LogP contribution in [-0.2, 0) is 13.9 Å². The van der Waals surface area contributed by atoms with Gasteiger partial charge in [0.15, 0.2) is 0 Å². The molecule has 2 atom stereocenters. The minimum absolute atomic E-state index is 0.0195. The van der Waals surface area contributed by atoms with Gasteiger partial charge in [-0.25, -0.2) is 4.79 Å². The van der Waals surface area contributed by atoms with E-state index in [9.17, 15) is 23.9 Å². The van der Waals surface area contributed by atoms with Crippen LogP contribution in [0.25, 0.3) is 0 Å². The van der Waals surface area contributed by atoms with Gasteiger partial charge in [-0.1, -0.05) is 0 Å². The van der Waals surface area contributed by atoms with Crippen LogP contribution in [-0.4, -0.2) is 28.0 Å². The van der Waals surface area contributed by atoms with E-state index in [2.05, 4.69) is 4.33 Å². The number of halogens is 2. The second kappa shape index (κ2) is 4.79. The van der Waals surface area contributed by atoms with Gasteiger partial charge in [-0.05, 0) is 49.9 Å². The van der Waals surface area contributed by atoms with Gasteiger partial charge in [0.25, 0.3) is 0 Å². The van der Waals surface area contributed by atoms with Gasteiger partial charge < -0.3 is 19.4 Å². The minimum atomic E-state index is -4.00. The molecule has 8 heteroatoms. The van der Waals surface area contributed by atoms with Crippen LogP contribution in [0.2, 0.25) is 0 Å². The highest BCUT2D eigenvalue weighted by Crippen LogP contribution is 2.57. The third-order valence-corrected chi connectivity index (χ3v) is 5.30. The summed E-state index contributed by atoms with van der Waals surface area (Å²) in [5.41, 5.74) is -0.903. The Morgan fingerprint density at radius 1 is 1.30 bits per heavy atom. The molecule has 4 rings (SSSR count). The van der Waals surface area contributed by atoms with Crippen LogP contribution in [0.4, 0.5) is 8.78 Å². The molecular formula is C12H15F2O5S-. The molecule has 20 heavy (non-hydrogen) atoms. The van der Waals surface area contributed by atoms with E-state index in [4.69, 9.17) is 4.74 Å². The average molecular weight is 309 g/mol. The van der Waals surface area contributed by atoms with Gasteiger partial charge in [0.1, 0.15) is 5.60 Å². The van der Waals surface area contributed by atoms with Gasteiger partial charge in [-0.3, -0.25) is 0 Å². The summed E-state index contributed by atoms with van der Waals surface area (Å²) in [6, 6.07) is 0. The van der Waals surface area contributed by atoms with Crippen molar-refractivity contribution in [3.8, 4) is 0 Å². The van der Waals surface area contributed by atoms with E-state index in [1.54, 1.807) is 0 Å². The molecule has 114 valence electrons. The first kappa shape index (κ1) is 14.5. The molecule has 4 fully saturated rings. The fourth-order valence-corrected chi connectivity index (χ4v) is 4.58. The summed E-state index contributed by atoms with van der Waals surface area (Å²) < 4.78 is 34.7. The topological polar surface area (TPSA) is 78.8 Å². The first-order valence-corrected chi connectivity index (χ1v) is 7.36. The Morgan fingerprint density at radius 2 is 1.90 bits per heavy atom. The second-order valence-electron chi connectivity index (χ2n) is 6.20. The van der Waals surface area contributed by atoms with Crippen LogP contribution in [0.1, 0.15) is 32.1 Å². The molecule has 0 spiro atoms. The van der Waals surface area contributed by atoms with Crippen molar-refractivity contribution in [2.24, 2.45) is 17.8 Å². The van der Waals surface area contributed by atoms with Crippen molar-refractivity contribution in [3.63, 3.8) is 0 Å². The maximum Gasteiger partial charge on any atom is 0.412 e. The van der Waals surface area contributed by atoms with Gasteiger partial charge in [0, 0.05) is 0 Å². The number of aliphatic hydroxyl groups is 1. The Kier molecular flexibility index (Phi) is 3.47. The molecule has 0 radical (unpaired) electrons. The number of carbonyl (C=O) groups is 1. The fraction of sp³-hybridized carbons (Fsp3) is 0.917.